The number of hydrogen-bond donors (Lipinski definition) is 0. The van der Waals surface area contributed by atoms with E-state index in [-0.39, 0.29) is 0 Å². The highest BCUT2D eigenvalue weighted by Gasteiger charge is 2.16. The van der Waals surface area contributed by atoms with Crippen LogP contribution in [0.15, 0.2) is 103 Å². The summed E-state index contributed by atoms with van der Waals surface area (Å²) in [5, 5.41) is 7.73. The molecule has 0 saturated carbocycles. The fourth-order valence-corrected chi connectivity index (χ4v) is 4.37. The van der Waals surface area contributed by atoms with Gasteiger partial charge in [-0.1, -0.05) is 91.0 Å². The van der Waals surface area contributed by atoms with E-state index >= 15 is 0 Å². The van der Waals surface area contributed by atoms with Crippen molar-refractivity contribution in [2.75, 3.05) is 0 Å². The van der Waals surface area contributed by atoms with E-state index in [1.165, 1.54) is 49.0 Å². The smallest absolute Gasteiger partial charge is 0.0619 e. The monoisotopic (exact) mass is 343 g/mol. The molecule has 27 heavy (non-hydrogen) atoms. The van der Waals surface area contributed by atoms with Crippen molar-refractivity contribution in [2.45, 2.75) is 0 Å². The fourth-order valence-electron chi connectivity index (χ4n) is 4.37. The number of hydrogen-bond acceptors (Lipinski definition) is 0. The van der Waals surface area contributed by atoms with Gasteiger partial charge >= 0.3 is 0 Å². The highest BCUT2D eigenvalue weighted by Crippen LogP contribution is 2.39. The Labute approximate surface area is 157 Å². The maximum atomic E-state index is 2.44. The minimum absolute atomic E-state index is 1.20. The van der Waals surface area contributed by atoms with Crippen LogP contribution in [0.3, 0.4) is 0 Å². The van der Waals surface area contributed by atoms with Crippen LogP contribution in [0, 0.1) is 0 Å². The van der Waals surface area contributed by atoms with Crippen molar-refractivity contribution in [3.63, 3.8) is 0 Å². The summed E-state index contributed by atoms with van der Waals surface area (Å²) in [6, 6.07) is 37.1. The molecule has 0 bridgehead atoms. The Hall–Kier alpha value is -3.58. The number of fused-ring (bicyclic) bond motifs is 7. The third-order valence-electron chi connectivity index (χ3n) is 5.55. The Kier molecular flexibility index (Phi) is 2.95. The van der Waals surface area contributed by atoms with Crippen molar-refractivity contribution in [2.24, 2.45) is 0 Å². The summed E-state index contributed by atoms with van der Waals surface area (Å²) in [6.45, 7) is 0. The summed E-state index contributed by atoms with van der Waals surface area (Å²) in [5.41, 5.74) is 3.77. The van der Waals surface area contributed by atoms with Crippen molar-refractivity contribution in [1.82, 2.24) is 4.57 Å². The lowest BCUT2D eigenvalue weighted by Crippen LogP contribution is -1.94. The minimum atomic E-state index is 1.20. The summed E-state index contributed by atoms with van der Waals surface area (Å²) in [4.78, 5) is 0. The predicted molar refractivity (Wildman–Crippen MR) is 116 cm³/mol. The molecule has 126 valence electrons. The van der Waals surface area contributed by atoms with Gasteiger partial charge in [-0.2, -0.15) is 0 Å². The summed E-state index contributed by atoms with van der Waals surface area (Å²) < 4.78 is 2.44. The van der Waals surface area contributed by atoms with Crippen LogP contribution in [0.5, 0.6) is 0 Å². The maximum absolute atomic E-state index is 2.44. The highest BCUT2D eigenvalue weighted by atomic mass is 15.0. The molecule has 1 nitrogen and oxygen atoms in total. The van der Waals surface area contributed by atoms with Gasteiger partial charge in [-0.25, -0.2) is 0 Å². The summed E-state index contributed by atoms with van der Waals surface area (Å²) >= 11 is 0. The molecule has 1 aromatic heterocycles. The Morgan fingerprint density at radius 2 is 0.852 bits per heavy atom. The van der Waals surface area contributed by atoms with Gasteiger partial charge in [-0.3, -0.25) is 0 Å². The van der Waals surface area contributed by atoms with E-state index in [0.29, 0.717) is 0 Å². The maximum Gasteiger partial charge on any atom is 0.0619 e. The molecule has 0 N–H and O–H groups in total. The van der Waals surface area contributed by atoms with Crippen LogP contribution < -0.4 is 0 Å². The van der Waals surface area contributed by atoms with E-state index in [1.54, 1.807) is 0 Å². The largest absolute Gasteiger partial charge is 0.308 e. The summed E-state index contributed by atoms with van der Waals surface area (Å²) in [5.74, 6) is 0. The van der Waals surface area contributed by atoms with Crippen LogP contribution in [0.4, 0.5) is 0 Å². The third-order valence-corrected chi connectivity index (χ3v) is 5.55. The van der Waals surface area contributed by atoms with E-state index in [0.717, 1.165) is 0 Å². The Balaban J connectivity index is 1.97. The predicted octanol–water partition coefficient (Wildman–Crippen LogP) is 7.09. The Bertz CT molecular complexity index is 1360. The zero-order valence-electron chi connectivity index (χ0n) is 14.8. The minimum Gasteiger partial charge on any atom is -0.308 e. The van der Waals surface area contributed by atoms with E-state index in [1.807, 2.05) is 0 Å². The van der Waals surface area contributed by atoms with Gasteiger partial charge in [0, 0.05) is 27.2 Å². The molecule has 1 heterocycles. The number of aromatic nitrogens is 1. The molecule has 0 radical (unpaired) electrons. The fraction of sp³-hybridized carbons (Fsp3) is 0. The number of para-hydroxylation sites is 1. The molecule has 0 unspecified atom stereocenters. The van der Waals surface area contributed by atoms with Gasteiger partial charge in [0.05, 0.1) is 11.0 Å². The first-order chi connectivity index (χ1) is 13.4. The molecular formula is C26H17N. The molecule has 6 aromatic rings. The van der Waals surface area contributed by atoms with Crippen molar-refractivity contribution < 1.29 is 0 Å². The molecule has 0 fully saturated rings. The van der Waals surface area contributed by atoms with Crippen LogP contribution in [0.1, 0.15) is 0 Å². The molecule has 0 aliphatic heterocycles. The van der Waals surface area contributed by atoms with E-state index in [2.05, 4.69) is 108 Å². The molecule has 6 rings (SSSR count). The second-order valence-electron chi connectivity index (χ2n) is 7.04. The molecular weight excluding hydrogens is 326 g/mol. The average molecular weight is 343 g/mol. The molecule has 1 heteroatoms. The molecule has 0 atom stereocenters. The van der Waals surface area contributed by atoms with Gasteiger partial charge in [-0.15, -0.1) is 0 Å². The molecule has 0 aliphatic carbocycles. The van der Waals surface area contributed by atoms with Crippen molar-refractivity contribution >= 4 is 43.4 Å². The van der Waals surface area contributed by atoms with Crippen LogP contribution in [0.2, 0.25) is 0 Å². The lowest BCUT2D eigenvalue weighted by Gasteiger charge is -2.11. The highest BCUT2D eigenvalue weighted by molar-refractivity contribution is 6.23. The second kappa shape index (κ2) is 5.46. The second-order valence-corrected chi connectivity index (χ2v) is 7.04. The average Bonchev–Trinajstić information content (AvgIpc) is 3.10. The van der Waals surface area contributed by atoms with E-state index in [4.69, 9.17) is 0 Å². The molecule has 0 saturated heterocycles. The molecule has 0 amide bonds. The third kappa shape index (κ3) is 2.00. The standard InChI is InChI=1S/C26H17N/c1-2-10-20(11-3-1)27-25-21-12-6-4-8-18(21)14-16-23(25)24-17-15-19-9-5-7-13-22(19)26(24)27/h1-17H. The lowest BCUT2D eigenvalue weighted by molar-refractivity contribution is 1.19. The van der Waals surface area contributed by atoms with Gasteiger partial charge in [0.1, 0.15) is 0 Å². The SMILES string of the molecule is c1ccc(-n2c3c4ccccc4ccc3c3ccc4ccccc4c32)cc1. The first-order valence-corrected chi connectivity index (χ1v) is 9.31. The van der Waals surface area contributed by atoms with Crippen LogP contribution in [-0.2, 0) is 0 Å². The zero-order chi connectivity index (χ0) is 17.8. The quantitative estimate of drug-likeness (QED) is 0.300. The Morgan fingerprint density at radius 3 is 1.41 bits per heavy atom. The van der Waals surface area contributed by atoms with E-state index in [9.17, 15) is 0 Å². The topological polar surface area (TPSA) is 4.93 Å². The first kappa shape index (κ1) is 14.6. The van der Waals surface area contributed by atoms with Crippen LogP contribution in [-0.4, -0.2) is 4.57 Å². The summed E-state index contributed by atoms with van der Waals surface area (Å²) in [6.07, 6.45) is 0. The normalized spacial score (nSPS) is 11.7. The van der Waals surface area contributed by atoms with E-state index < -0.39 is 0 Å². The van der Waals surface area contributed by atoms with Gasteiger partial charge < -0.3 is 4.57 Å². The zero-order valence-corrected chi connectivity index (χ0v) is 14.8. The van der Waals surface area contributed by atoms with Gasteiger partial charge in [0.25, 0.3) is 0 Å². The van der Waals surface area contributed by atoms with Gasteiger partial charge in [0.15, 0.2) is 0 Å². The van der Waals surface area contributed by atoms with Crippen LogP contribution in [0.25, 0.3) is 49.0 Å². The van der Waals surface area contributed by atoms with Crippen molar-refractivity contribution in [1.29, 1.82) is 0 Å². The molecule has 5 aromatic carbocycles. The number of nitrogens with zero attached hydrogens (tertiary/aromatic N) is 1. The van der Waals surface area contributed by atoms with Crippen molar-refractivity contribution in [3.8, 4) is 5.69 Å². The molecule has 0 spiro atoms. The Morgan fingerprint density at radius 1 is 0.370 bits per heavy atom. The van der Waals surface area contributed by atoms with Gasteiger partial charge in [-0.05, 0) is 22.9 Å². The first-order valence-electron chi connectivity index (χ1n) is 9.31. The number of rotatable bonds is 1. The van der Waals surface area contributed by atoms with Crippen LogP contribution >= 0.6 is 0 Å². The summed E-state index contributed by atoms with van der Waals surface area (Å²) in [7, 11) is 0. The number of benzene rings is 5. The lowest BCUT2D eigenvalue weighted by atomic mass is 10.0. The van der Waals surface area contributed by atoms with Gasteiger partial charge in [0.2, 0.25) is 0 Å². The molecule has 0 aliphatic rings. The van der Waals surface area contributed by atoms with Crippen molar-refractivity contribution in [3.05, 3.63) is 103 Å².